The molecule has 2 aliphatic rings. The maximum Gasteiger partial charge on any atom is 0.274 e. The molecule has 0 unspecified atom stereocenters. The van der Waals surface area contributed by atoms with Gasteiger partial charge in [0.25, 0.3) is 5.91 Å². The van der Waals surface area contributed by atoms with Crippen molar-refractivity contribution in [2.45, 2.75) is 25.7 Å². The molecule has 1 aliphatic carbocycles. The lowest BCUT2D eigenvalue weighted by Crippen LogP contribution is -2.50. The average Bonchev–Trinajstić information content (AvgIpc) is 3.18. The molecule has 0 saturated carbocycles. The molecular formula is C21H26N4O3. The number of aromatic nitrogens is 2. The molecule has 1 aliphatic heterocycles. The summed E-state index contributed by atoms with van der Waals surface area (Å²) in [7, 11) is 1.61. The molecular weight excluding hydrogens is 356 g/mol. The molecule has 0 atom stereocenters. The molecule has 0 spiro atoms. The summed E-state index contributed by atoms with van der Waals surface area (Å²) in [6.07, 6.45) is 4.19. The van der Waals surface area contributed by atoms with E-state index in [-0.39, 0.29) is 11.7 Å². The van der Waals surface area contributed by atoms with Crippen LogP contribution in [0.15, 0.2) is 24.3 Å². The van der Waals surface area contributed by atoms with Crippen LogP contribution in [0.25, 0.3) is 0 Å². The van der Waals surface area contributed by atoms with Crippen molar-refractivity contribution < 1.29 is 14.3 Å². The number of aryl methyl sites for hydroxylation is 1. The van der Waals surface area contributed by atoms with Crippen LogP contribution in [0.1, 0.15) is 44.9 Å². The standard InChI is InChI=1S/C21H26N4O3/c1-28-16-8-6-15(7-9-16)19(26)14-24-10-12-25(13-11-24)21(27)20-17-4-2-3-5-18(17)22-23-20/h6-9H,2-5,10-14H2,1H3,(H,22,23). The van der Waals surface area contributed by atoms with Gasteiger partial charge >= 0.3 is 0 Å². The molecule has 1 saturated heterocycles. The zero-order valence-electron chi connectivity index (χ0n) is 16.2. The maximum atomic E-state index is 12.9. The average molecular weight is 382 g/mol. The lowest BCUT2D eigenvalue weighted by atomic mass is 9.95. The van der Waals surface area contributed by atoms with Crippen LogP contribution in [0, 0.1) is 0 Å². The summed E-state index contributed by atoms with van der Waals surface area (Å²) in [6, 6.07) is 7.19. The van der Waals surface area contributed by atoms with Crippen molar-refractivity contribution in [2.75, 3.05) is 39.8 Å². The van der Waals surface area contributed by atoms with E-state index in [2.05, 4.69) is 15.1 Å². The monoisotopic (exact) mass is 382 g/mol. The first-order valence-corrected chi connectivity index (χ1v) is 9.90. The van der Waals surface area contributed by atoms with Gasteiger partial charge in [0.1, 0.15) is 5.75 Å². The van der Waals surface area contributed by atoms with Crippen LogP contribution in [0.2, 0.25) is 0 Å². The number of ketones is 1. The van der Waals surface area contributed by atoms with Gasteiger partial charge in [-0.1, -0.05) is 0 Å². The van der Waals surface area contributed by atoms with Crippen LogP contribution in [0.4, 0.5) is 0 Å². The van der Waals surface area contributed by atoms with Crippen LogP contribution < -0.4 is 4.74 Å². The largest absolute Gasteiger partial charge is 0.497 e. The highest BCUT2D eigenvalue weighted by Gasteiger charge is 2.28. The number of methoxy groups -OCH3 is 1. The second kappa shape index (κ2) is 8.14. The van der Waals surface area contributed by atoms with Crippen molar-refractivity contribution >= 4 is 11.7 Å². The molecule has 1 aromatic heterocycles. The Kier molecular flexibility index (Phi) is 5.43. The van der Waals surface area contributed by atoms with Crippen molar-refractivity contribution in [1.29, 1.82) is 0 Å². The van der Waals surface area contributed by atoms with E-state index in [0.29, 0.717) is 44.0 Å². The number of hydrogen-bond donors (Lipinski definition) is 1. The molecule has 148 valence electrons. The third kappa shape index (κ3) is 3.80. The number of H-pyrrole nitrogens is 1. The minimum Gasteiger partial charge on any atom is -0.497 e. The predicted molar refractivity (Wildman–Crippen MR) is 105 cm³/mol. The van der Waals surface area contributed by atoms with Crippen molar-refractivity contribution in [2.24, 2.45) is 0 Å². The SMILES string of the molecule is COc1ccc(C(=O)CN2CCN(C(=O)c3n[nH]c4c3CCCC4)CC2)cc1. The molecule has 4 rings (SSSR count). The van der Waals surface area contributed by atoms with Crippen LogP contribution in [0.5, 0.6) is 5.75 Å². The molecule has 1 fully saturated rings. The molecule has 0 radical (unpaired) electrons. The Morgan fingerprint density at radius 1 is 1.07 bits per heavy atom. The third-order valence-corrected chi connectivity index (χ3v) is 5.70. The molecule has 1 aromatic carbocycles. The normalized spacial score (nSPS) is 17.2. The van der Waals surface area contributed by atoms with Gasteiger partial charge in [0.05, 0.1) is 13.7 Å². The number of nitrogens with one attached hydrogen (secondary N) is 1. The fourth-order valence-corrected chi connectivity index (χ4v) is 3.99. The minimum atomic E-state index is 0.0144. The fourth-order valence-electron chi connectivity index (χ4n) is 3.99. The fraction of sp³-hybridized carbons (Fsp3) is 0.476. The van der Waals surface area contributed by atoms with Gasteiger partial charge in [0.15, 0.2) is 11.5 Å². The predicted octanol–water partition coefficient (Wildman–Crippen LogP) is 1.94. The molecule has 7 heteroatoms. The number of ether oxygens (including phenoxy) is 1. The molecule has 2 aromatic rings. The molecule has 7 nitrogen and oxygen atoms in total. The van der Waals surface area contributed by atoms with E-state index in [1.54, 1.807) is 31.4 Å². The van der Waals surface area contributed by atoms with Gasteiger partial charge in [-0.15, -0.1) is 0 Å². The first-order chi connectivity index (χ1) is 13.7. The number of piperazine rings is 1. The first-order valence-electron chi connectivity index (χ1n) is 9.90. The van der Waals surface area contributed by atoms with E-state index in [4.69, 9.17) is 4.74 Å². The van der Waals surface area contributed by atoms with Crippen LogP contribution in [-0.4, -0.2) is 71.5 Å². The van der Waals surface area contributed by atoms with Crippen molar-refractivity contribution in [1.82, 2.24) is 20.0 Å². The Morgan fingerprint density at radius 2 is 1.79 bits per heavy atom. The van der Waals surface area contributed by atoms with E-state index in [1.165, 1.54) is 0 Å². The van der Waals surface area contributed by atoms with Crippen LogP contribution in [-0.2, 0) is 12.8 Å². The highest BCUT2D eigenvalue weighted by Crippen LogP contribution is 2.23. The second-order valence-electron chi connectivity index (χ2n) is 7.46. The lowest BCUT2D eigenvalue weighted by Gasteiger charge is -2.34. The topological polar surface area (TPSA) is 78.5 Å². The van der Waals surface area contributed by atoms with Gasteiger partial charge in [-0.2, -0.15) is 5.10 Å². The number of aromatic amines is 1. The summed E-state index contributed by atoms with van der Waals surface area (Å²) < 4.78 is 5.13. The minimum absolute atomic E-state index is 0.0144. The zero-order valence-corrected chi connectivity index (χ0v) is 16.2. The molecule has 2 heterocycles. The van der Waals surface area contributed by atoms with Crippen molar-refractivity contribution in [3.05, 3.63) is 46.8 Å². The van der Waals surface area contributed by atoms with E-state index < -0.39 is 0 Å². The number of nitrogens with zero attached hydrogens (tertiary/aromatic N) is 3. The molecule has 1 amide bonds. The van der Waals surface area contributed by atoms with Crippen LogP contribution in [0.3, 0.4) is 0 Å². The summed E-state index contributed by atoms with van der Waals surface area (Å²) in [5.41, 5.74) is 3.51. The lowest BCUT2D eigenvalue weighted by molar-refractivity contribution is 0.0618. The molecule has 28 heavy (non-hydrogen) atoms. The van der Waals surface area contributed by atoms with E-state index >= 15 is 0 Å². The molecule has 1 N–H and O–H groups in total. The number of benzene rings is 1. The smallest absolute Gasteiger partial charge is 0.274 e. The zero-order chi connectivity index (χ0) is 19.5. The number of carbonyl (C=O) groups is 2. The number of fused-ring (bicyclic) bond motifs is 1. The maximum absolute atomic E-state index is 12.9. The summed E-state index contributed by atoms with van der Waals surface area (Å²) in [6.45, 7) is 3.00. The number of rotatable bonds is 5. The number of carbonyl (C=O) groups excluding carboxylic acids is 2. The van der Waals surface area contributed by atoms with Crippen molar-refractivity contribution in [3.63, 3.8) is 0 Å². The number of amides is 1. The Hall–Kier alpha value is -2.67. The Morgan fingerprint density at radius 3 is 2.50 bits per heavy atom. The second-order valence-corrected chi connectivity index (χ2v) is 7.46. The summed E-state index contributed by atoms with van der Waals surface area (Å²) in [4.78, 5) is 29.4. The Labute approximate surface area is 164 Å². The highest BCUT2D eigenvalue weighted by molar-refractivity contribution is 5.97. The summed E-state index contributed by atoms with van der Waals surface area (Å²) >= 11 is 0. The Bertz CT molecular complexity index is 851. The third-order valence-electron chi connectivity index (χ3n) is 5.70. The number of Topliss-reactive ketones (excluding diaryl/α,β-unsaturated/α-hetero) is 1. The highest BCUT2D eigenvalue weighted by atomic mass is 16.5. The Balaban J connectivity index is 1.32. The van der Waals surface area contributed by atoms with Gasteiger partial charge < -0.3 is 9.64 Å². The van der Waals surface area contributed by atoms with Crippen molar-refractivity contribution in [3.8, 4) is 5.75 Å². The van der Waals surface area contributed by atoms with E-state index in [9.17, 15) is 9.59 Å². The van der Waals surface area contributed by atoms with Gasteiger partial charge in [-0.05, 0) is 49.9 Å². The quantitative estimate of drug-likeness (QED) is 0.800. The van der Waals surface area contributed by atoms with E-state index in [0.717, 1.165) is 42.7 Å². The summed E-state index contributed by atoms with van der Waals surface area (Å²) in [5.74, 6) is 0.841. The van der Waals surface area contributed by atoms with Gasteiger partial charge in [-0.3, -0.25) is 19.6 Å². The first kappa shape index (κ1) is 18.7. The van der Waals surface area contributed by atoms with Gasteiger partial charge in [0, 0.05) is 43.0 Å². The van der Waals surface area contributed by atoms with Crippen LogP contribution >= 0.6 is 0 Å². The van der Waals surface area contributed by atoms with Gasteiger partial charge in [0.2, 0.25) is 0 Å². The molecule has 0 bridgehead atoms. The number of hydrogen-bond acceptors (Lipinski definition) is 5. The van der Waals surface area contributed by atoms with Gasteiger partial charge in [-0.25, -0.2) is 0 Å². The van der Waals surface area contributed by atoms with E-state index in [1.807, 2.05) is 4.90 Å². The summed E-state index contributed by atoms with van der Waals surface area (Å²) in [5, 5.41) is 7.35.